The zero-order chi connectivity index (χ0) is 15.4. The number of hydrogen-bond acceptors (Lipinski definition) is 0. The van der Waals surface area contributed by atoms with Gasteiger partial charge in [-0.05, 0) is 0 Å². The standard InChI is InChI=1S/C4F13P/c5-1(6,7)18(17,2(8,9)10,3(11,12)13)4(14,15)16. The summed E-state index contributed by atoms with van der Waals surface area (Å²) >= 11 is 0. The summed E-state index contributed by atoms with van der Waals surface area (Å²) in [4.78, 5) is 0. The number of hydrogen-bond donors (Lipinski definition) is 0. The minimum atomic E-state index is -11.6. The second kappa shape index (κ2) is 3.54. The van der Waals surface area contributed by atoms with E-state index >= 15 is 0 Å². The molecule has 0 rings (SSSR count). The van der Waals surface area contributed by atoms with E-state index in [1.807, 2.05) is 0 Å². The van der Waals surface area contributed by atoms with Crippen LogP contribution in [0.1, 0.15) is 0 Å². The van der Waals surface area contributed by atoms with Gasteiger partial charge >= 0.3 is 87.5 Å². The van der Waals surface area contributed by atoms with E-state index in [2.05, 4.69) is 0 Å². The monoisotopic (exact) mass is 326 g/mol. The summed E-state index contributed by atoms with van der Waals surface area (Å²) in [7, 11) is 0. The molecule has 0 heterocycles. The molecule has 0 aromatic heterocycles. The van der Waals surface area contributed by atoms with Crippen molar-refractivity contribution in [2.75, 3.05) is 0 Å². The fraction of sp³-hybridized carbons (Fsp3) is 1.00. The summed E-state index contributed by atoms with van der Waals surface area (Å²) in [5.41, 5.74) is 0. The van der Waals surface area contributed by atoms with Gasteiger partial charge in [-0.25, -0.2) is 0 Å². The third-order valence-corrected chi connectivity index (χ3v) is 5.71. The van der Waals surface area contributed by atoms with Crippen LogP contribution in [0.4, 0.5) is 56.9 Å². The molecule has 0 aliphatic carbocycles. The molecule has 18 heavy (non-hydrogen) atoms. The molecule has 0 aliphatic heterocycles. The van der Waals surface area contributed by atoms with Crippen molar-refractivity contribution >= 4 is 6.91 Å². The second-order valence-electron chi connectivity index (χ2n) is 2.88. The third-order valence-electron chi connectivity index (χ3n) is 1.90. The van der Waals surface area contributed by atoms with Gasteiger partial charge in [0.05, 0.1) is 0 Å². The summed E-state index contributed by atoms with van der Waals surface area (Å²) in [5, 5.41) is 0. The molecule has 0 saturated heterocycles. The molecule has 0 unspecified atom stereocenters. The molecule has 0 aromatic carbocycles. The van der Waals surface area contributed by atoms with Crippen molar-refractivity contribution < 1.29 is 56.9 Å². The summed E-state index contributed by atoms with van der Waals surface area (Å²) in [6.07, 6.45) is 0. The molecule has 0 aromatic rings. The summed E-state index contributed by atoms with van der Waals surface area (Å²) in [5.74, 6) is -32.8. The number of alkyl halides is 12. The van der Waals surface area contributed by atoms with E-state index in [-0.39, 0.29) is 0 Å². The van der Waals surface area contributed by atoms with Crippen LogP contribution in [0.3, 0.4) is 0 Å². The van der Waals surface area contributed by atoms with Crippen molar-refractivity contribution in [3.8, 4) is 0 Å². The van der Waals surface area contributed by atoms with Crippen molar-refractivity contribution in [3.63, 3.8) is 0 Å². The molecule has 0 aliphatic rings. The van der Waals surface area contributed by atoms with Crippen LogP contribution in [0, 0.1) is 0 Å². The Bertz CT molecular complexity index is 255. The quantitative estimate of drug-likeness (QED) is 0.407. The van der Waals surface area contributed by atoms with Crippen LogP contribution < -0.4 is 0 Å². The van der Waals surface area contributed by atoms with Crippen molar-refractivity contribution in [3.05, 3.63) is 0 Å². The molecule has 0 fully saturated rings. The summed E-state index contributed by atoms with van der Waals surface area (Å²) in [6.45, 7) is -11.6. The molecule has 14 heteroatoms. The molecular formula is C4F13P. The van der Waals surface area contributed by atoms with Crippen LogP contribution >= 0.6 is 6.91 Å². The van der Waals surface area contributed by atoms with Crippen LogP contribution in [0.25, 0.3) is 0 Å². The zero-order valence-electron chi connectivity index (χ0n) is 7.36. The van der Waals surface area contributed by atoms with Gasteiger partial charge in [0.15, 0.2) is 0 Å². The SMILES string of the molecule is FC(F)(F)P(F)(C(F)(F)F)(C(F)(F)F)C(F)(F)F. The summed E-state index contributed by atoms with van der Waals surface area (Å²) in [6, 6.07) is 0. The predicted octanol–water partition coefficient (Wildman–Crippen LogP) is 5.50. The van der Waals surface area contributed by atoms with Gasteiger partial charge in [0.2, 0.25) is 0 Å². The average Bonchev–Trinajstić information content (AvgIpc) is 1.92. The van der Waals surface area contributed by atoms with Gasteiger partial charge in [0.1, 0.15) is 0 Å². The van der Waals surface area contributed by atoms with Crippen LogP contribution in [-0.2, 0) is 0 Å². The molecule has 112 valence electrons. The van der Waals surface area contributed by atoms with E-state index in [0.29, 0.717) is 0 Å². The van der Waals surface area contributed by atoms with E-state index < -0.39 is 30.6 Å². The first kappa shape index (κ1) is 17.5. The van der Waals surface area contributed by atoms with Gasteiger partial charge in [0.25, 0.3) is 0 Å². The Morgan fingerprint density at radius 3 is 0.500 bits per heavy atom. The molecule has 0 spiro atoms. The molecule has 0 bridgehead atoms. The molecule has 0 amide bonds. The predicted molar refractivity (Wildman–Crippen MR) is 32.2 cm³/mol. The van der Waals surface area contributed by atoms with E-state index in [4.69, 9.17) is 0 Å². The first-order valence-corrected chi connectivity index (χ1v) is 5.46. The van der Waals surface area contributed by atoms with Crippen LogP contribution in [0.5, 0.6) is 0 Å². The maximum absolute atomic E-state index is 12.8. The Labute approximate surface area is 88.8 Å². The summed E-state index contributed by atoms with van der Waals surface area (Å²) < 4.78 is 154. The van der Waals surface area contributed by atoms with Crippen molar-refractivity contribution in [2.24, 2.45) is 0 Å². The number of halogens is 13. The maximum atomic E-state index is 12.8. The van der Waals surface area contributed by atoms with Gasteiger partial charge in [0, 0.05) is 0 Å². The normalized spacial score (nSPS) is 18.4. The molecule has 0 saturated carbocycles. The van der Waals surface area contributed by atoms with Crippen LogP contribution in [0.15, 0.2) is 0 Å². The van der Waals surface area contributed by atoms with Gasteiger partial charge in [-0.15, -0.1) is 0 Å². The molecule has 0 radical (unpaired) electrons. The Morgan fingerprint density at radius 1 is 0.389 bits per heavy atom. The van der Waals surface area contributed by atoms with Crippen molar-refractivity contribution in [2.45, 2.75) is 23.7 Å². The van der Waals surface area contributed by atoms with Crippen molar-refractivity contribution in [1.29, 1.82) is 0 Å². The fourth-order valence-electron chi connectivity index (χ4n) is 0.862. The van der Waals surface area contributed by atoms with Gasteiger partial charge in [-0.3, -0.25) is 0 Å². The Balaban J connectivity index is 6.90. The Morgan fingerprint density at radius 2 is 0.500 bits per heavy atom. The Hall–Kier alpha value is -0.480. The average molecular weight is 326 g/mol. The molecule has 0 nitrogen and oxygen atoms in total. The fourth-order valence-corrected chi connectivity index (χ4v) is 2.59. The topological polar surface area (TPSA) is 0 Å². The third kappa shape index (κ3) is 1.45. The minimum absolute atomic E-state index is 8.21. The van der Waals surface area contributed by atoms with E-state index in [1.54, 1.807) is 0 Å². The number of rotatable bonds is 0. The molecular weight excluding hydrogens is 326 g/mol. The van der Waals surface area contributed by atoms with E-state index in [0.717, 1.165) is 0 Å². The molecule has 0 N–H and O–H groups in total. The van der Waals surface area contributed by atoms with Crippen LogP contribution in [0.2, 0.25) is 0 Å². The first-order chi connectivity index (χ1) is 7.34. The van der Waals surface area contributed by atoms with Gasteiger partial charge in [-0.1, -0.05) is 0 Å². The van der Waals surface area contributed by atoms with E-state index in [1.165, 1.54) is 0 Å². The Kier molecular flexibility index (Phi) is 3.45. The zero-order valence-corrected chi connectivity index (χ0v) is 8.26. The van der Waals surface area contributed by atoms with Gasteiger partial charge in [-0.2, -0.15) is 0 Å². The first-order valence-electron chi connectivity index (χ1n) is 3.33. The van der Waals surface area contributed by atoms with E-state index in [9.17, 15) is 56.9 Å². The second-order valence-corrected chi connectivity index (χ2v) is 6.93. The van der Waals surface area contributed by atoms with Crippen molar-refractivity contribution in [1.82, 2.24) is 0 Å². The molecule has 0 atom stereocenters. The van der Waals surface area contributed by atoms with Gasteiger partial charge < -0.3 is 0 Å². The van der Waals surface area contributed by atoms with Crippen LogP contribution in [-0.4, -0.2) is 23.7 Å².